The van der Waals surface area contributed by atoms with Gasteiger partial charge in [-0.15, -0.1) is 0 Å². The molecular weight excluding hydrogens is 184 g/mol. The van der Waals surface area contributed by atoms with Crippen LogP contribution in [0.3, 0.4) is 0 Å². The van der Waals surface area contributed by atoms with E-state index in [0.717, 1.165) is 25.7 Å². The van der Waals surface area contributed by atoms with Gasteiger partial charge in [0, 0.05) is 11.4 Å². The Kier molecular flexibility index (Phi) is 2.10. The van der Waals surface area contributed by atoms with Crippen LogP contribution in [0.5, 0.6) is 0 Å². The lowest BCUT2D eigenvalue weighted by atomic mass is 9.83. The molecule has 0 saturated heterocycles. The molecular formula is C13H16N2. The SMILES string of the molecule is NC1C2=CCCCC2=NC2=C1C=CCC2. The molecule has 0 radical (unpaired) electrons. The van der Waals surface area contributed by atoms with E-state index in [0.29, 0.717) is 0 Å². The first kappa shape index (κ1) is 9.10. The number of hydrogen-bond donors (Lipinski definition) is 1. The van der Waals surface area contributed by atoms with Crippen LogP contribution in [-0.4, -0.2) is 11.8 Å². The Labute approximate surface area is 90.3 Å². The van der Waals surface area contributed by atoms with Gasteiger partial charge in [0.2, 0.25) is 0 Å². The first-order chi connectivity index (χ1) is 7.36. The summed E-state index contributed by atoms with van der Waals surface area (Å²) in [7, 11) is 0. The van der Waals surface area contributed by atoms with Gasteiger partial charge in [0.1, 0.15) is 0 Å². The van der Waals surface area contributed by atoms with Gasteiger partial charge in [0.05, 0.1) is 6.04 Å². The molecule has 0 saturated carbocycles. The fourth-order valence-electron chi connectivity index (χ4n) is 2.62. The molecule has 0 aromatic heterocycles. The summed E-state index contributed by atoms with van der Waals surface area (Å²) in [4.78, 5) is 4.77. The molecule has 0 bridgehead atoms. The molecule has 1 aliphatic heterocycles. The third-order valence-corrected chi connectivity index (χ3v) is 3.43. The molecule has 0 aromatic rings. The average molecular weight is 200 g/mol. The van der Waals surface area contributed by atoms with Gasteiger partial charge in [-0.3, -0.25) is 4.99 Å². The minimum atomic E-state index is 0.0874. The first-order valence-electron chi connectivity index (χ1n) is 5.79. The summed E-state index contributed by atoms with van der Waals surface area (Å²) in [5.41, 5.74) is 11.3. The number of aliphatic imine (C=N–C) groups is 1. The van der Waals surface area contributed by atoms with Gasteiger partial charge in [0.25, 0.3) is 0 Å². The van der Waals surface area contributed by atoms with Crippen LogP contribution in [0.2, 0.25) is 0 Å². The zero-order valence-electron chi connectivity index (χ0n) is 8.87. The molecule has 2 nitrogen and oxygen atoms in total. The lowest BCUT2D eigenvalue weighted by Crippen LogP contribution is -2.34. The molecule has 0 spiro atoms. The van der Waals surface area contributed by atoms with E-state index in [9.17, 15) is 0 Å². The molecule has 2 aliphatic carbocycles. The summed E-state index contributed by atoms with van der Waals surface area (Å²) in [6, 6.07) is 0.0874. The minimum Gasteiger partial charge on any atom is -0.320 e. The maximum atomic E-state index is 6.29. The summed E-state index contributed by atoms with van der Waals surface area (Å²) >= 11 is 0. The van der Waals surface area contributed by atoms with Gasteiger partial charge < -0.3 is 5.73 Å². The quantitative estimate of drug-likeness (QED) is 0.641. The van der Waals surface area contributed by atoms with Crippen LogP contribution in [0.15, 0.2) is 40.1 Å². The second kappa shape index (κ2) is 3.46. The highest BCUT2D eigenvalue weighted by Crippen LogP contribution is 2.33. The lowest BCUT2D eigenvalue weighted by Gasteiger charge is -2.30. The zero-order chi connectivity index (χ0) is 10.3. The van der Waals surface area contributed by atoms with Gasteiger partial charge in [-0.25, -0.2) is 0 Å². The monoisotopic (exact) mass is 200 g/mol. The predicted molar refractivity (Wildman–Crippen MR) is 62.7 cm³/mol. The van der Waals surface area contributed by atoms with Crippen LogP contribution in [-0.2, 0) is 0 Å². The fourth-order valence-corrected chi connectivity index (χ4v) is 2.62. The van der Waals surface area contributed by atoms with Gasteiger partial charge >= 0.3 is 0 Å². The summed E-state index contributed by atoms with van der Waals surface area (Å²) in [6.45, 7) is 0. The number of nitrogens with two attached hydrogens (primary N) is 1. The van der Waals surface area contributed by atoms with Gasteiger partial charge in [-0.05, 0) is 43.3 Å². The van der Waals surface area contributed by atoms with Crippen molar-refractivity contribution < 1.29 is 0 Å². The standard InChI is InChI=1S/C13H16N2/c14-13-9-5-1-3-7-11(9)15-12-8-4-2-6-10(12)13/h1,5-6,13H,2-4,7-8,14H2. The Morgan fingerprint density at radius 3 is 3.13 bits per heavy atom. The molecule has 15 heavy (non-hydrogen) atoms. The van der Waals surface area contributed by atoms with E-state index in [1.165, 1.54) is 29.0 Å². The van der Waals surface area contributed by atoms with Crippen LogP contribution in [0, 0.1) is 0 Å². The highest BCUT2D eigenvalue weighted by Gasteiger charge is 2.27. The van der Waals surface area contributed by atoms with E-state index < -0.39 is 0 Å². The summed E-state index contributed by atoms with van der Waals surface area (Å²) < 4.78 is 0. The van der Waals surface area contributed by atoms with Crippen molar-refractivity contribution >= 4 is 5.71 Å². The third-order valence-electron chi connectivity index (χ3n) is 3.43. The van der Waals surface area contributed by atoms with Crippen molar-refractivity contribution in [1.29, 1.82) is 0 Å². The second-order valence-corrected chi connectivity index (χ2v) is 4.43. The fraction of sp³-hybridized carbons (Fsp3) is 0.462. The molecule has 78 valence electrons. The number of allylic oxidation sites excluding steroid dienone is 3. The molecule has 1 unspecified atom stereocenters. The molecule has 1 atom stereocenters. The number of fused-ring (bicyclic) bond motifs is 1. The smallest absolute Gasteiger partial charge is 0.0584 e. The molecule has 2 N–H and O–H groups in total. The Morgan fingerprint density at radius 2 is 2.20 bits per heavy atom. The van der Waals surface area contributed by atoms with Crippen molar-refractivity contribution in [3.05, 3.63) is 35.1 Å². The maximum absolute atomic E-state index is 6.29. The van der Waals surface area contributed by atoms with Crippen molar-refractivity contribution in [2.75, 3.05) is 0 Å². The number of rotatable bonds is 0. The van der Waals surface area contributed by atoms with Crippen molar-refractivity contribution in [2.24, 2.45) is 10.7 Å². The lowest BCUT2D eigenvalue weighted by molar-refractivity contribution is 0.780. The van der Waals surface area contributed by atoms with E-state index in [1.54, 1.807) is 0 Å². The van der Waals surface area contributed by atoms with Gasteiger partial charge in [-0.2, -0.15) is 0 Å². The minimum absolute atomic E-state index is 0.0874. The van der Waals surface area contributed by atoms with E-state index >= 15 is 0 Å². The Balaban J connectivity index is 2.09. The van der Waals surface area contributed by atoms with E-state index in [1.807, 2.05) is 0 Å². The van der Waals surface area contributed by atoms with Gasteiger partial charge in [0.15, 0.2) is 0 Å². The maximum Gasteiger partial charge on any atom is 0.0584 e. The highest BCUT2D eigenvalue weighted by molar-refractivity contribution is 6.04. The average Bonchev–Trinajstić information content (AvgIpc) is 2.30. The molecule has 0 amide bonds. The Bertz CT molecular complexity index is 410. The summed E-state index contributed by atoms with van der Waals surface area (Å²) in [6.07, 6.45) is 12.3. The van der Waals surface area contributed by atoms with E-state index in [4.69, 9.17) is 10.7 Å². The van der Waals surface area contributed by atoms with E-state index in [2.05, 4.69) is 18.2 Å². The van der Waals surface area contributed by atoms with Gasteiger partial charge in [-0.1, -0.05) is 18.2 Å². The summed E-state index contributed by atoms with van der Waals surface area (Å²) in [5.74, 6) is 0. The molecule has 1 heterocycles. The normalized spacial score (nSPS) is 29.3. The van der Waals surface area contributed by atoms with Crippen molar-refractivity contribution in [3.63, 3.8) is 0 Å². The first-order valence-corrected chi connectivity index (χ1v) is 5.79. The third kappa shape index (κ3) is 1.40. The van der Waals surface area contributed by atoms with Crippen molar-refractivity contribution in [3.8, 4) is 0 Å². The Hall–Kier alpha value is -1.15. The molecule has 3 aliphatic rings. The predicted octanol–water partition coefficient (Wildman–Crippen LogP) is 2.48. The Morgan fingerprint density at radius 1 is 1.27 bits per heavy atom. The molecule has 0 fully saturated rings. The van der Waals surface area contributed by atoms with Crippen LogP contribution in [0.4, 0.5) is 0 Å². The molecule has 3 rings (SSSR count). The van der Waals surface area contributed by atoms with Crippen LogP contribution < -0.4 is 5.73 Å². The summed E-state index contributed by atoms with van der Waals surface area (Å²) in [5, 5.41) is 0. The number of nitrogens with zero attached hydrogens (tertiary/aromatic N) is 1. The van der Waals surface area contributed by atoms with Crippen molar-refractivity contribution in [1.82, 2.24) is 0 Å². The largest absolute Gasteiger partial charge is 0.320 e. The topological polar surface area (TPSA) is 38.4 Å². The van der Waals surface area contributed by atoms with E-state index in [-0.39, 0.29) is 6.04 Å². The molecule has 0 aromatic carbocycles. The van der Waals surface area contributed by atoms with Crippen LogP contribution in [0.25, 0.3) is 0 Å². The molecule has 2 heteroatoms. The second-order valence-electron chi connectivity index (χ2n) is 4.43. The van der Waals surface area contributed by atoms with Crippen molar-refractivity contribution in [2.45, 2.75) is 38.1 Å². The van der Waals surface area contributed by atoms with Crippen LogP contribution in [0.1, 0.15) is 32.1 Å². The highest BCUT2D eigenvalue weighted by atomic mass is 14.8. The number of hydrogen-bond acceptors (Lipinski definition) is 2. The zero-order valence-corrected chi connectivity index (χ0v) is 8.87. The van der Waals surface area contributed by atoms with Crippen LogP contribution >= 0.6 is 0 Å².